The van der Waals surface area contributed by atoms with Crippen LogP contribution in [0.15, 0.2) is 43.0 Å². The van der Waals surface area contributed by atoms with Gasteiger partial charge < -0.3 is 15.6 Å². The molecule has 2 aromatic rings. The predicted molar refractivity (Wildman–Crippen MR) is 79.2 cm³/mol. The fourth-order valence-electron chi connectivity index (χ4n) is 1.87. The van der Waals surface area contributed by atoms with Gasteiger partial charge in [0.2, 0.25) is 5.91 Å². The zero-order chi connectivity index (χ0) is 14.5. The number of amides is 1. The number of imidazole rings is 1. The summed E-state index contributed by atoms with van der Waals surface area (Å²) >= 11 is 0. The highest BCUT2D eigenvalue weighted by atomic mass is 16.2. The van der Waals surface area contributed by atoms with Crippen LogP contribution in [0.5, 0.6) is 0 Å². The Morgan fingerprint density at radius 1 is 1.45 bits per heavy atom. The lowest BCUT2D eigenvalue weighted by atomic mass is 10.0. The smallest absolute Gasteiger partial charge is 0.241 e. The number of nitrogens with zero attached hydrogens (tertiary/aromatic N) is 2. The Bertz CT molecular complexity index is 563. The molecule has 0 bridgehead atoms. The predicted octanol–water partition coefficient (Wildman–Crippen LogP) is 1.85. The van der Waals surface area contributed by atoms with E-state index in [1.807, 2.05) is 48.9 Å². The number of aromatic nitrogens is 2. The zero-order valence-electron chi connectivity index (χ0n) is 11.8. The van der Waals surface area contributed by atoms with Gasteiger partial charge in [0.15, 0.2) is 0 Å². The molecule has 0 saturated heterocycles. The average molecular weight is 272 g/mol. The zero-order valence-corrected chi connectivity index (χ0v) is 11.8. The van der Waals surface area contributed by atoms with Gasteiger partial charge in [-0.3, -0.25) is 4.79 Å². The lowest BCUT2D eigenvalue weighted by Gasteiger charge is -2.15. The number of carbonyl (C=O) groups is 1. The van der Waals surface area contributed by atoms with Crippen molar-refractivity contribution in [2.75, 3.05) is 5.32 Å². The van der Waals surface area contributed by atoms with Gasteiger partial charge in [0.05, 0.1) is 12.4 Å². The molecule has 3 N–H and O–H groups in total. The first-order chi connectivity index (χ1) is 9.56. The highest BCUT2D eigenvalue weighted by Crippen LogP contribution is 2.13. The summed E-state index contributed by atoms with van der Waals surface area (Å²) in [5.74, 6) is -0.0380. The first-order valence-electron chi connectivity index (χ1n) is 6.67. The molecule has 1 amide bonds. The van der Waals surface area contributed by atoms with Gasteiger partial charge >= 0.3 is 0 Å². The number of rotatable bonds is 5. The molecule has 1 heterocycles. The number of nitrogens with one attached hydrogen (secondary N) is 1. The van der Waals surface area contributed by atoms with E-state index in [1.165, 1.54) is 0 Å². The van der Waals surface area contributed by atoms with Crippen LogP contribution >= 0.6 is 0 Å². The molecule has 0 aliphatic heterocycles. The molecule has 0 radical (unpaired) electrons. The quantitative estimate of drug-likeness (QED) is 0.872. The maximum Gasteiger partial charge on any atom is 0.241 e. The third-order valence-corrected chi connectivity index (χ3v) is 3.14. The molecule has 0 aliphatic rings. The lowest BCUT2D eigenvalue weighted by molar-refractivity contribution is -0.118. The molecule has 0 fully saturated rings. The van der Waals surface area contributed by atoms with E-state index in [4.69, 9.17) is 5.73 Å². The van der Waals surface area contributed by atoms with Crippen LogP contribution in [0.2, 0.25) is 0 Å². The highest BCUT2D eigenvalue weighted by Gasteiger charge is 2.17. The van der Waals surface area contributed by atoms with Crippen LogP contribution in [0.4, 0.5) is 5.69 Å². The third kappa shape index (κ3) is 3.68. The molecule has 20 heavy (non-hydrogen) atoms. The van der Waals surface area contributed by atoms with Crippen molar-refractivity contribution in [1.82, 2.24) is 9.55 Å². The minimum Gasteiger partial charge on any atom is -0.333 e. The van der Waals surface area contributed by atoms with Crippen molar-refractivity contribution >= 4 is 11.6 Å². The van der Waals surface area contributed by atoms with Crippen molar-refractivity contribution in [2.24, 2.45) is 11.7 Å². The standard InChI is InChI=1S/C15H20N4O/c1-11(2)14(16)15(20)18-13-5-3-4-12(8-13)9-19-7-6-17-10-19/h3-8,10-11,14H,9,16H2,1-2H3,(H,18,20)/t14-/m0/s1. The fraction of sp³-hybridized carbons (Fsp3) is 0.333. The van der Waals surface area contributed by atoms with Gasteiger partial charge in [-0.1, -0.05) is 26.0 Å². The van der Waals surface area contributed by atoms with Gasteiger partial charge in [-0.05, 0) is 23.6 Å². The van der Waals surface area contributed by atoms with Crippen molar-refractivity contribution in [3.63, 3.8) is 0 Å². The maximum absolute atomic E-state index is 11.9. The van der Waals surface area contributed by atoms with Crippen molar-refractivity contribution in [1.29, 1.82) is 0 Å². The molecule has 1 atom stereocenters. The third-order valence-electron chi connectivity index (χ3n) is 3.14. The summed E-state index contributed by atoms with van der Waals surface area (Å²) < 4.78 is 1.97. The van der Waals surface area contributed by atoms with Crippen molar-refractivity contribution in [2.45, 2.75) is 26.4 Å². The van der Waals surface area contributed by atoms with Crippen LogP contribution in [0, 0.1) is 5.92 Å². The number of carbonyl (C=O) groups excluding carboxylic acids is 1. The SMILES string of the molecule is CC(C)[C@H](N)C(=O)Nc1cccc(Cn2ccnc2)c1. The Morgan fingerprint density at radius 3 is 2.90 bits per heavy atom. The molecule has 106 valence electrons. The molecule has 0 saturated carbocycles. The van der Waals surface area contributed by atoms with Gasteiger partial charge in [0, 0.05) is 24.6 Å². The van der Waals surface area contributed by atoms with E-state index < -0.39 is 6.04 Å². The molecule has 0 unspecified atom stereocenters. The normalized spacial score (nSPS) is 12.4. The fourth-order valence-corrected chi connectivity index (χ4v) is 1.87. The summed E-state index contributed by atoms with van der Waals surface area (Å²) in [6.45, 7) is 4.58. The summed E-state index contributed by atoms with van der Waals surface area (Å²) in [6, 6.07) is 7.25. The van der Waals surface area contributed by atoms with Crippen LogP contribution in [0.3, 0.4) is 0 Å². The first-order valence-corrected chi connectivity index (χ1v) is 6.67. The van der Waals surface area contributed by atoms with E-state index >= 15 is 0 Å². The van der Waals surface area contributed by atoms with Crippen molar-refractivity contribution in [3.05, 3.63) is 48.5 Å². The Labute approximate surface area is 118 Å². The summed E-state index contributed by atoms with van der Waals surface area (Å²) in [5, 5.41) is 2.85. The monoisotopic (exact) mass is 272 g/mol. The second kappa shape index (κ2) is 6.34. The first kappa shape index (κ1) is 14.3. The van der Waals surface area contributed by atoms with Gasteiger partial charge in [0.25, 0.3) is 0 Å². The van der Waals surface area contributed by atoms with E-state index in [9.17, 15) is 4.79 Å². The topological polar surface area (TPSA) is 72.9 Å². The van der Waals surface area contributed by atoms with Crippen molar-refractivity contribution in [3.8, 4) is 0 Å². The highest BCUT2D eigenvalue weighted by molar-refractivity contribution is 5.94. The van der Waals surface area contributed by atoms with Crippen LogP contribution in [0.1, 0.15) is 19.4 Å². The largest absolute Gasteiger partial charge is 0.333 e. The molecule has 5 heteroatoms. The maximum atomic E-state index is 11.9. The average Bonchev–Trinajstić information content (AvgIpc) is 2.91. The van der Waals surface area contributed by atoms with Crippen LogP contribution < -0.4 is 11.1 Å². The minimum atomic E-state index is -0.493. The Balaban J connectivity index is 2.04. The number of hydrogen-bond donors (Lipinski definition) is 2. The summed E-state index contributed by atoms with van der Waals surface area (Å²) in [5.41, 5.74) is 7.69. The number of hydrogen-bond acceptors (Lipinski definition) is 3. The van der Waals surface area contributed by atoms with Gasteiger partial charge in [-0.2, -0.15) is 0 Å². The summed E-state index contributed by atoms with van der Waals surface area (Å²) in [4.78, 5) is 15.9. The van der Waals surface area contributed by atoms with Gasteiger partial charge in [0.1, 0.15) is 0 Å². The van der Waals surface area contributed by atoms with Gasteiger partial charge in [-0.25, -0.2) is 4.98 Å². The van der Waals surface area contributed by atoms with E-state index in [0.29, 0.717) is 0 Å². The van der Waals surface area contributed by atoms with Crippen LogP contribution in [-0.2, 0) is 11.3 Å². The molecule has 5 nitrogen and oxygen atoms in total. The van der Waals surface area contributed by atoms with E-state index in [-0.39, 0.29) is 11.8 Å². The van der Waals surface area contributed by atoms with E-state index in [1.54, 1.807) is 12.5 Å². The molecular weight excluding hydrogens is 252 g/mol. The number of nitrogens with two attached hydrogens (primary N) is 1. The Hall–Kier alpha value is -2.14. The van der Waals surface area contributed by atoms with E-state index in [0.717, 1.165) is 17.8 Å². The number of benzene rings is 1. The summed E-state index contributed by atoms with van der Waals surface area (Å²) in [7, 11) is 0. The van der Waals surface area contributed by atoms with E-state index in [2.05, 4.69) is 10.3 Å². The second-order valence-corrected chi connectivity index (χ2v) is 5.19. The molecule has 1 aromatic carbocycles. The second-order valence-electron chi connectivity index (χ2n) is 5.19. The van der Waals surface area contributed by atoms with Crippen LogP contribution in [0.25, 0.3) is 0 Å². The van der Waals surface area contributed by atoms with Crippen molar-refractivity contribution < 1.29 is 4.79 Å². The molecule has 0 aliphatic carbocycles. The molecule has 0 spiro atoms. The molecular formula is C15H20N4O. The lowest BCUT2D eigenvalue weighted by Crippen LogP contribution is -2.39. The minimum absolute atomic E-state index is 0.115. The molecule has 1 aromatic heterocycles. The Kier molecular flexibility index (Phi) is 4.53. The van der Waals surface area contributed by atoms with Crippen LogP contribution in [-0.4, -0.2) is 21.5 Å². The Morgan fingerprint density at radius 2 is 2.25 bits per heavy atom. The number of anilines is 1. The van der Waals surface area contributed by atoms with Gasteiger partial charge in [-0.15, -0.1) is 0 Å². The summed E-state index contributed by atoms with van der Waals surface area (Å²) in [6.07, 6.45) is 5.41. The molecule has 2 rings (SSSR count).